The summed E-state index contributed by atoms with van der Waals surface area (Å²) in [5.41, 5.74) is 0. The standard InChI is InChI=1S/C15H15ClO4S/c1-10-9-13(14(21-10)15(17)18)20-8-2-7-19-12-5-3-11(16)4-6-12/h3-6,9H,2,7-8H2,1H3,(H,17,18). The Morgan fingerprint density at radius 1 is 1.24 bits per heavy atom. The number of ether oxygens (including phenoxy) is 2. The van der Waals surface area contributed by atoms with Crippen molar-refractivity contribution in [3.05, 3.63) is 45.1 Å². The predicted octanol–water partition coefficient (Wildman–Crippen LogP) is 4.26. The van der Waals surface area contributed by atoms with Crippen molar-refractivity contribution in [2.75, 3.05) is 13.2 Å². The molecular formula is C15H15ClO4S. The molecule has 4 nitrogen and oxygen atoms in total. The molecule has 21 heavy (non-hydrogen) atoms. The molecule has 2 rings (SSSR count). The molecule has 1 N–H and O–H groups in total. The Morgan fingerprint density at radius 2 is 1.90 bits per heavy atom. The van der Waals surface area contributed by atoms with Crippen molar-refractivity contribution in [2.24, 2.45) is 0 Å². The van der Waals surface area contributed by atoms with Gasteiger partial charge in [-0.15, -0.1) is 11.3 Å². The highest BCUT2D eigenvalue weighted by Gasteiger charge is 2.14. The van der Waals surface area contributed by atoms with Gasteiger partial charge in [0.1, 0.15) is 11.5 Å². The molecule has 0 aliphatic rings. The molecule has 6 heteroatoms. The molecule has 0 radical (unpaired) electrons. The van der Waals surface area contributed by atoms with Crippen LogP contribution in [0.15, 0.2) is 30.3 Å². The van der Waals surface area contributed by atoms with E-state index in [9.17, 15) is 4.79 Å². The third-order valence-electron chi connectivity index (χ3n) is 2.64. The highest BCUT2D eigenvalue weighted by Crippen LogP contribution is 2.28. The van der Waals surface area contributed by atoms with Crippen molar-refractivity contribution in [1.82, 2.24) is 0 Å². The van der Waals surface area contributed by atoms with Crippen LogP contribution in [0.2, 0.25) is 5.02 Å². The molecule has 1 aromatic heterocycles. The summed E-state index contributed by atoms with van der Waals surface area (Å²) in [4.78, 5) is 12.2. The van der Waals surface area contributed by atoms with E-state index >= 15 is 0 Å². The van der Waals surface area contributed by atoms with E-state index in [1.165, 1.54) is 11.3 Å². The minimum Gasteiger partial charge on any atom is -0.493 e. The van der Waals surface area contributed by atoms with E-state index in [-0.39, 0.29) is 4.88 Å². The van der Waals surface area contributed by atoms with E-state index in [0.29, 0.717) is 30.4 Å². The average molecular weight is 327 g/mol. The van der Waals surface area contributed by atoms with Crippen molar-refractivity contribution >= 4 is 28.9 Å². The van der Waals surface area contributed by atoms with Crippen molar-refractivity contribution in [1.29, 1.82) is 0 Å². The number of aromatic carboxylic acids is 1. The Labute approximate surface area is 131 Å². The first kappa shape index (κ1) is 15.7. The molecule has 1 heterocycles. The Hall–Kier alpha value is -1.72. The highest BCUT2D eigenvalue weighted by molar-refractivity contribution is 7.14. The van der Waals surface area contributed by atoms with Gasteiger partial charge in [-0.1, -0.05) is 11.6 Å². The van der Waals surface area contributed by atoms with Crippen LogP contribution < -0.4 is 9.47 Å². The number of carboxylic acids is 1. The maximum Gasteiger partial charge on any atom is 0.349 e. The molecule has 1 aromatic carbocycles. The van der Waals surface area contributed by atoms with Gasteiger partial charge in [0.25, 0.3) is 0 Å². The van der Waals surface area contributed by atoms with Crippen LogP contribution >= 0.6 is 22.9 Å². The normalized spacial score (nSPS) is 10.4. The second kappa shape index (κ2) is 7.33. The largest absolute Gasteiger partial charge is 0.493 e. The zero-order chi connectivity index (χ0) is 15.2. The van der Waals surface area contributed by atoms with Gasteiger partial charge in [0.2, 0.25) is 0 Å². The molecule has 0 saturated carbocycles. The molecule has 0 spiro atoms. The SMILES string of the molecule is Cc1cc(OCCCOc2ccc(Cl)cc2)c(C(=O)O)s1. The van der Waals surface area contributed by atoms with Crippen LogP contribution in [-0.2, 0) is 0 Å². The van der Waals surface area contributed by atoms with E-state index in [0.717, 1.165) is 10.6 Å². The Kier molecular flexibility index (Phi) is 5.47. The van der Waals surface area contributed by atoms with Crippen LogP contribution in [0.5, 0.6) is 11.5 Å². The van der Waals surface area contributed by atoms with Crippen LogP contribution in [0.3, 0.4) is 0 Å². The lowest BCUT2D eigenvalue weighted by molar-refractivity contribution is 0.0698. The van der Waals surface area contributed by atoms with Gasteiger partial charge in [0, 0.05) is 16.3 Å². The highest BCUT2D eigenvalue weighted by atomic mass is 35.5. The fourth-order valence-corrected chi connectivity index (χ4v) is 2.63. The van der Waals surface area contributed by atoms with Crippen molar-refractivity contribution in [3.8, 4) is 11.5 Å². The molecule has 112 valence electrons. The molecule has 0 aliphatic heterocycles. The first-order valence-corrected chi connectivity index (χ1v) is 7.60. The van der Waals surface area contributed by atoms with Crippen LogP contribution in [-0.4, -0.2) is 24.3 Å². The van der Waals surface area contributed by atoms with Gasteiger partial charge in [-0.3, -0.25) is 0 Å². The van der Waals surface area contributed by atoms with Crippen molar-refractivity contribution in [2.45, 2.75) is 13.3 Å². The summed E-state index contributed by atoms with van der Waals surface area (Å²) in [6.45, 7) is 2.75. The van der Waals surface area contributed by atoms with Gasteiger partial charge in [0.15, 0.2) is 4.88 Å². The summed E-state index contributed by atoms with van der Waals surface area (Å²) in [6, 6.07) is 8.87. The number of hydrogen-bond acceptors (Lipinski definition) is 4. The minimum atomic E-state index is -0.958. The van der Waals surface area contributed by atoms with Gasteiger partial charge in [-0.25, -0.2) is 4.79 Å². The first-order valence-electron chi connectivity index (χ1n) is 6.41. The fraction of sp³-hybridized carbons (Fsp3) is 0.267. The molecule has 0 saturated heterocycles. The van der Waals surface area contributed by atoms with Crippen LogP contribution in [0.4, 0.5) is 0 Å². The summed E-state index contributed by atoms with van der Waals surface area (Å²) in [5, 5.41) is 9.71. The number of carbonyl (C=O) groups is 1. The number of aryl methyl sites for hydroxylation is 1. The van der Waals surface area contributed by atoms with E-state index in [4.69, 9.17) is 26.2 Å². The quantitative estimate of drug-likeness (QED) is 0.772. The summed E-state index contributed by atoms with van der Waals surface area (Å²) < 4.78 is 11.0. The van der Waals surface area contributed by atoms with Crippen molar-refractivity contribution in [3.63, 3.8) is 0 Å². The van der Waals surface area contributed by atoms with Gasteiger partial charge in [-0.2, -0.15) is 0 Å². The number of thiophene rings is 1. The van der Waals surface area contributed by atoms with Gasteiger partial charge >= 0.3 is 5.97 Å². The lowest BCUT2D eigenvalue weighted by Crippen LogP contribution is -2.06. The number of rotatable bonds is 7. The smallest absolute Gasteiger partial charge is 0.349 e. The van der Waals surface area contributed by atoms with Gasteiger partial charge in [0.05, 0.1) is 13.2 Å². The Morgan fingerprint density at radius 3 is 2.57 bits per heavy atom. The maximum atomic E-state index is 11.0. The molecule has 0 fully saturated rings. The minimum absolute atomic E-state index is 0.242. The molecule has 0 bridgehead atoms. The second-order valence-electron chi connectivity index (χ2n) is 4.36. The molecule has 2 aromatic rings. The van der Waals surface area contributed by atoms with Gasteiger partial charge in [-0.05, 0) is 37.3 Å². The number of carboxylic acid groups (broad SMARTS) is 1. The van der Waals surface area contributed by atoms with Crippen LogP contribution in [0.25, 0.3) is 0 Å². The zero-order valence-corrected chi connectivity index (χ0v) is 13.0. The van der Waals surface area contributed by atoms with E-state index < -0.39 is 5.97 Å². The van der Waals surface area contributed by atoms with E-state index in [1.54, 1.807) is 30.3 Å². The molecule has 0 aliphatic carbocycles. The lowest BCUT2D eigenvalue weighted by atomic mass is 10.3. The Balaban J connectivity index is 1.75. The number of hydrogen-bond donors (Lipinski definition) is 1. The number of benzene rings is 1. The Bertz CT molecular complexity index is 607. The molecule has 0 amide bonds. The van der Waals surface area contributed by atoms with E-state index in [1.807, 2.05) is 6.92 Å². The summed E-state index contributed by atoms with van der Waals surface area (Å²) in [7, 11) is 0. The lowest BCUT2D eigenvalue weighted by Gasteiger charge is -2.07. The van der Waals surface area contributed by atoms with Gasteiger partial charge < -0.3 is 14.6 Å². The second-order valence-corrected chi connectivity index (χ2v) is 6.05. The molecule has 0 unspecified atom stereocenters. The number of halogens is 1. The summed E-state index contributed by atoms with van der Waals surface area (Å²) in [5.74, 6) is 0.217. The summed E-state index contributed by atoms with van der Waals surface area (Å²) >= 11 is 7.00. The molecule has 0 atom stereocenters. The zero-order valence-electron chi connectivity index (χ0n) is 11.5. The fourth-order valence-electron chi connectivity index (χ4n) is 1.71. The maximum absolute atomic E-state index is 11.0. The molecular weight excluding hydrogens is 312 g/mol. The van der Waals surface area contributed by atoms with Crippen LogP contribution in [0.1, 0.15) is 21.0 Å². The first-order chi connectivity index (χ1) is 10.1. The van der Waals surface area contributed by atoms with Crippen LogP contribution in [0, 0.1) is 6.92 Å². The third-order valence-corrected chi connectivity index (χ3v) is 3.92. The topological polar surface area (TPSA) is 55.8 Å². The average Bonchev–Trinajstić information content (AvgIpc) is 2.82. The monoisotopic (exact) mass is 326 g/mol. The predicted molar refractivity (Wildman–Crippen MR) is 83.1 cm³/mol. The third kappa shape index (κ3) is 4.65. The van der Waals surface area contributed by atoms with E-state index in [2.05, 4.69) is 0 Å². The summed E-state index contributed by atoms with van der Waals surface area (Å²) in [6.07, 6.45) is 0.663. The van der Waals surface area contributed by atoms with Crippen molar-refractivity contribution < 1.29 is 19.4 Å².